The largest absolute Gasteiger partial charge is 2.00 e. The molecule has 0 amide bonds. The molecule has 13 heteroatoms. The van der Waals surface area contributed by atoms with Crippen molar-refractivity contribution < 1.29 is 43.4 Å². The fourth-order valence-corrected chi connectivity index (χ4v) is 7.01. The van der Waals surface area contributed by atoms with Crippen LogP contribution in [-0.2, 0) is 29.4 Å². The third-order valence-electron chi connectivity index (χ3n) is 9.71. The smallest absolute Gasteiger partial charge is 0.654 e. The summed E-state index contributed by atoms with van der Waals surface area (Å²) in [6.07, 6.45) is -2.40. The first kappa shape index (κ1) is 39.0. The number of pyridine rings is 4. The minimum absolute atomic E-state index is 0. The Kier molecular flexibility index (Phi) is 10.3. The van der Waals surface area contributed by atoms with Gasteiger partial charge in [0.25, 0.3) is 0 Å². The number of rotatable bonds is 4. The summed E-state index contributed by atoms with van der Waals surface area (Å²) in [7, 11) is 0. The first-order valence-electron chi connectivity index (χ1n) is 17.9. The molecule has 4 aromatic heterocycles. The van der Waals surface area contributed by atoms with Gasteiger partial charge in [-0.1, -0.05) is 109 Å². The maximum Gasteiger partial charge on any atom is 2.00 e. The SMILES string of the molecule is FC(F)(F)c1cc([N-]c2cccc3cccnc23)c2ncc3ccccc3c2c1.FC(F)(F)c1cc([N-]c2cccc3cccnc23)c2ncc3ccccc3c2c1.[Fe+2]. The van der Waals surface area contributed by atoms with Gasteiger partial charge >= 0.3 is 29.4 Å². The summed E-state index contributed by atoms with van der Waals surface area (Å²) in [5.74, 6) is 0. The van der Waals surface area contributed by atoms with Crippen molar-refractivity contribution in [2.75, 3.05) is 0 Å². The van der Waals surface area contributed by atoms with Crippen LogP contribution >= 0.6 is 0 Å². The van der Waals surface area contributed by atoms with E-state index in [9.17, 15) is 26.3 Å². The van der Waals surface area contributed by atoms with Crippen molar-refractivity contribution >= 4 is 87.9 Å². The molecule has 0 bridgehead atoms. The van der Waals surface area contributed by atoms with Gasteiger partial charge in [-0.2, -0.15) is 26.3 Å². The van der Waals surface area contributed by atoms with Gasteiger partial charge in [0.15, 0.2) is 0 Å². The fourth-order valence-electron chi connectivity index (χ4n) is 7.01. The zero-order valence-electron chi connectivity index (χ0n) is 30.3. The summed E-state index contributed by atoms with van der Waals surface area (Å²) >= 11 is 0. The molecule has 59 heavy (non-hydrogen) atoms. The standard InChI is InChI=1S/2C23H13F3N3.Fe/c2*24-23(25,26)16-11-18-17-8-2-1-5-15(17)13-28-22(18)20(12-16)29-19-9-3-6-14-7-4-10-27-21(14)19;/h2*1-13H;/q2*-1;+2. The molecule has 10 rings (SSSR count). The summed E-state index contributed by atoms with van der Waals surface area (Å²) in [4.78, 5) is 17.5. The second-order valence-electron chi connectivity index (χ2n) is 13.4. The molecular weight excluding hydrogens is 806 g/mol. The van der Waals surface area contributed by atoms with Crippen LogP contribution in [0.3, 0.4) is 0 Å². The van der Waals surface area contributed by atoms with Crippen LogP contribution in [0, 0.1) is 0 Å². The normalized spacial score (nSPS) is 11.8. The van der Waals surface area contributed by atoms with E-state index in [1.54, 1.807) is 73.3 Å². The molecule has 0 aliphatic rings. The maximum atomic E-state index is 13.6. The van der Waals surface area contributed by atoms with Gasteiger partial charge in [-0.05, 0) is 45.8 Å². The van der Waals surface area contributed by atoms with Crippen molar-refractivity contribution in [3.63, 3.8) is 0 Å². The minimum Gasteiger partial charge on any atom is -0.654 e. The van der Waals surface area contributed by atoms with E-state index in [1.807, 2.05) is 60.7 Å². The zero-order valence-corrected chi connectivity index (χ0v) is 31.4. The van der Waals surface area contributed by atoms with Crippen LogP contribution in [0.15, 0.2) is 158 Å². The molecule has 290 valence electrons. The molecule has 0 saturated heterocycles. The van der Waals surface area contributed by atoms with Crippen LogP contribution in [0.2, 0.25) is 0 Å². The Morgan fingerprint density at radius 3 is 1.17 bits per heavy atom. The summed E-state index contributed by atoms with van der Waals surface area (Å²) in [5.41, 5.74) is 1.91. The Hall–Kier alpha value is -6.82. The molecule has 0 aliphatic carbocycles. The van der Waals surface area contributed by atoms with Crippen molar-refractivity contribution in [3.8, 4) is 0 Å². The Morgan fingerprint density at radius 1 is 0.356 bits per heavy atom. The predicted octanol–water partition coefficient (Wildman–Crippen LogP) is 14.6. The molecule has 0 aliphatic heterocycles. The van der Waals surface area contributed by atoms with Crippen molar-refractivity contribution in [1.29, 1.82) is 0 Å². The van der Waals surface area contributed by atoms with Gasteiger partial charge in [0.1, 0.15) is 0 Å². The second kappa shape index (κ2) is 15.5. The van der Waals surface area contributed by atoms with Crippen LogP contribution in [-0.4, -0.2) is 19.9 Å². The average Bonchev–Trinajstić information content (AvgIpc) is 3.23. The Labute approximate surface area is 342 Å². The molecule has 0 unspecified atom stereocenters. The number of hydrogen-bond acceptors (Lipinski definition) is 4. The van der Waals surface area contributed by atoms with Crippen molar-refractivity contribution in [2.24, 2.45) is 0 Å². The molecule has 0 spiro atoms. The average molecular weight is 833 g/mol. The van der Waals surface area contributed by atoms with Crippen molar-refractivity contribution in [2.45, 2.75) is 12.4 Å². The number of fused-ring (bicyclic) bond motifs is 8. The van der Waals surface area contributed by atoms with E-state index in [1.165, 1.54) is 0 Å². The first-order valence-corrected chi connectivity index (χ1v) is 17.9. The van der Waals surface area contributed by atoms with Gasteiger partial charge in [0.05, 0.1) is 33.2 Å². The Balaban J connectivity index is 0.000000161. The van der Waals surface area contributed by atoms with Crippen LogP contribution in [0.1, 0.15) is 11.1 Å². The van der Waals surface area contributed by atoms with E-state index in [0.717, 1.165) is 45.8 Å². The fraction of sp³-hybridized carbons (Fsp3) is 0.0435. The van der Waals surface area contributed by atoms with Gasteiger partial charge in [-0.15, -0.1) is 22.7 Å². The van der Waals surface area contributed by atoms with E-state index in [-0.39, 0.29) is 28.4 Å². The molecule has 0 radical (unpaired) electrons. The van der Waals surface area contributed by atoms with Gasteiger partial charge in [0.2, 0.25) is 0 Å². The number of alkyl halides is 6. The van der Waals surface area contributed by atoms with Gasteiger partial charge in [0, 0.05) is 46.3 Å². The summed E-state index contributed by atoms with van der Waals surface area (Å²) < 4.78 is 81.7. The topological polar surface area (TPSA) is 79.8 Å². The third-order valence-corrected chi connectivity index (χ3v) is 9.71. The van der Waals surface area contributed by atoms with Crippen LogP contribution < -0.4 is 0 Å². The summed E-state index contributed by atoms with van der Waals surface area (Å²) in [5, 5.41) is 14.6. The maximum absolute atomic E-state index is 13.6. The van der Waals surface area contributed by atoms with Gasteiger partial charge in [-0.3, -0.25) is 19.9 Å². The molecule has 0 atom stereocenters. The number of aromatic nitrogens is 4. The van der Waals surface area contributed by atoms with Crippen molar-refractivity contribution in [1.82, 2.24) is 19.9 Å². The molecule has 6 aromatic carbocycles. The number of nitrogens with zero attached hydrogens (tertiary/aromatic N) is 6. The minimum atomic E-state index is -4.49. The van der Waals surface area contributed by atoms with E-state index in [2.05, 4.69) is 30.6 Å². The monoisotopic (exact) mass is 832 g/mol. The van der Waals surface area contributed by atoms with E-state index < -0.39 is 23.5 Å². The Bertz CT molecular complexity index is 2960. The van der Waals surface area contributed by atoms with Crippen LogP contribution in [0.5, 0.6) is 0 Å². The van der Waals surface area contributed by atoms with E-state index >= 15 is 0 Å². The summed E-state index contributed by atoms with van der Waals surface area (Å²) in [6, 6.07) is 37.1. The van der Waals surface area contributed by atoms with E-state index in [0.29, 0.717) is 55.0 Å². The van der Waals surface area contributed by atoms with Gasteiger partial charge < -0.3 is 10.6 Å². The second-order valence-corrected chi connectivity index (χ2v) is 13.4. The molecule has 10 aromatic rings. The van der Waals surface area contributed by atoms with Crippen LogP contribution in [0.4, 0.5) is 49.1 Å². The third kappa shape index (κ3) is 7.65. The zero-order chi connectivity index (χ0) is 40.0. The number of hydrogen-bond donors (Lipinski definition) is 0. The molecule has 0 fully saturated rings. The molecule has 4 heterocycles. The van der Waals surface area contributed by atoms with E-state index in [4.69, 9.17) is 0 Å². The molecular formula is C46H26F6FeN6. The Morgan fingerprint density at radius 2 is 0.746 bits per heavy atom. The van der Waals surface area contributed by atoms with Crippen LogP contribution in [0.25, 0.3) is 75.8 Å². The summed E-state index contributed by atoms with van der Waals surface area (Å²) in [6.45, 7) is 0. The first-order chi connectivity index (χ1) is 28.0. The van der Waals surface area contributed by atoms with Gasteiger partial charge in [-0.25, -0.2) is 0 Å². The molecule has 0 saturated carbocycles. The number of benzene rings is 6. The number of halogens is 6. The molecule has 6 nitrogen and oxygen atoms in total. The predicted molar refractivity (Wildman–Crippen MR) is 217 cm³/mol. The number of para-hydroxylation sites is 2. The molecule has 0 N–H and O–H groups in total. The van der Waals surface area contributed by atoms with Crippen molar-refractivity contribution in [3.05, 3.63) is 180 Å². The quantitative estimate of drug-likeness (QED) is 0.100.